The van der Waals surface area contributed by atoms with Gasteiger partial charge >= 0.3 is 0 Å². The molecule has 0 aliphatic heterocycles. The Morgan fingerprint density at radius 2 is 1.71 bits per heavy atom. The molecule has 0 aliphatic carbocycles. The maximum atomic E-state index is 13.8. The molecule has 0 fully saturated rings. The lowest BCUT2D eigenvalue weighted by atomic mass is 10.1. The first-order valence-corrected chi connectivity index (χ1v) is 8.62. The van der Waals surface area contributed by atoms with Crippen molar-refractivity contribution in [3.63, 3.8) is 0 Å². The van der Waals surface area contributed by atoms with Crippen LogP contribution >= 0.6 is 0 Å². The molecule has 0 spiro atoms. The van der Waals surface area contributed by atoms with Crippen LogP contribution in [0, 0.1) is 5.82 Å². The molecule has 0 atom stereocenters. The third-order valence-electron chi connectivity index (χ3n) is 4.25. The molecular formula is C22H16FN3O2. The number of hydrogen-bond donors (Lipinski definition) is 1. The first-order chi connectivity index (χ1) is 13.6. The van der Waals surface area contributed by atoms with E-state index < -0.39 is 5.82 Å². The van der Waals surface area contributed by atoms with E-state index in [1.54, 1.807) is 43.5 Å². The van der Waals surface area contributed by atoms with Crippen LogP contribution in [0.3, 0.4) is 0 Å². The zero-order valence-corrected chi connectivity index (χ0v) is 15.0. The van der Waals surface area contributed by atoms with Gasteiger partial charge in [0.15, 0.2) is 0 Å². The van der Waals surface area contributed by atoms with Gasteiger partial charge in [-0.05, 0) is 42.5 Å². The predicted molar refractivity (Wildman–Crippen MR) is 106 cm³/mol. The van der Waals surface area contributed by atoms with Crippen molar-refractivity contribution in [2.24, 2.45) is 0 Å². The van der Waals surface area contributed by atoms with E-state index in [-0.39, 0.29) is 11.6 Å². The van der Waals surface area contributed by atoms with Crippen molar-refractivity contribution >= 4 is 28.2 Å². The second-order valence-corrected chi connectivity index (χ2v) is 6.11. The maximum Gasteiger partial charge on any atom is 0.230 e. The topological polar surface area (TPSA) is 64.1 Å². The Bertz CT molecular complexity index is 1150. The maximum absolute atomic E-state index is 13.8. The van der Waals surface area contributed by atoms with E-state index in [0.29, 0.717) is 28.0 Å². The highest BCUT2D eigenvalue weighted by Gasteiger charge is 2.16. The van der Waals surface area contributed by atoms with E-state index >= 15 is 0 Å². The molecule has 0 unspecified atom stereocenters. The van der Waals surface area contributed by atoms with Gasteiger partial charge in [-0.2, -0.15) is 0 Å². The lowest BCUT2D eigenvalue weighted by Crippen LogP contribution is -2.09. The number of rotatable bonds is 5. The number of carbonyl (C=O) groups excluding carboxylic acids is 1. The van der Waals surface area contributed by atoms with Gasteiger partial charge in [0.25, 0.3) is 0 Å². The van der Waals surface area contributed by atoms with Crippen LogP contribution in [0.5, 0.6) is 5.75 Å². The minimum Gasteiger partial charge on any atom is -0.497 e. The summed E-state index contributed by atoms with van der Waals surface area (Å²) in [6, 6.07) is 20.2. The van der Waals surface area contributed by atoms with Crippen molar-refractivity contribution in [3.05, 3.63) is 90.0 Å². The Morgan fingerprint density at radius 1 is 0.964 bits per heavy atom. The highest BCUT2D eigenvalue weighted by molar-refractivity contribution is 6.08. The Hall–Kier alpha value is -3.80. The number of nitrogens with one attached hydrogen (secondary N) is 1. The molecule has 0 radical (unpaired) electrons. The van der Waals surface area contributed by atoms with Crippen molar-refractivity contribution in [1.82, 2.24) is 9.97 Å². The van der Waals surface area contributed by atoms with Crippen molar-refractivity contribution in [2.75, 3.05) is 12.4 Å². The molecule has 6 heteroatoms. The minimum atomic E-state index is -0.406. The minimum absolute atomic E-state index is 0.0429. The highest BCUT2D eigenvalue weighted by atomic mass is 19.1. The number of carbonyl (C=O) groups is 1. The fraction of sp³-hybridized carbons (Fsp3) is 0.0455. The van der Waals surface area contributed by atoms with Crippen LogP contribution in [-0.4, -0.2) is 22.9 Å². The molecule has 1 N–H and O–H groups in total. The smallest absolute Gasteiger partial charge is 0.230 e. The van der Waals surface area contributed by atoms with Crippen LogP contribution in [-0.2, 0) is 0 Å². The summed E-state index contributed by atoms with van der Waals surface area (Å²) in [5.41, 5.74) is 1.69. The molecule has 4 aromatic rings. The SMILES string of the molecule is COc1ccc(Nc2nc(C(=O)c3ccccc3)nc3ccc(F)cc23)cc1. The van der Waals surface area contributed by atoms with Crippen molar-refractivity contribution in [1.29, 1.82) is 0 Å². The quantitative estimate of drug-likeness (QED) is 0.511. The number of benzene rings is 3. The van der Waals surface area contributed by atoms with E-state index in [1.807, 2.05) is 18.2 Å². The number of nitrogens with zero attached hydrogens (tertiary/aromatic N) is 2. The van der Waals surface area contributed by atoms with Crippen molar-refractivity contribution < 1.29 is 13.9 Å². The average Bonchev–Trinajstić information content (AvgIpc) is 2.74. The zero-order valence-electron chi connectivity index (χ0n) is 15.0. The van der Waals surface area contributed by atoms with Gasteiger partial charge in [-0.3, -0.25) is 4.79 Å². The van der Waals surface area contributed by atoms with E-state index in [4.69, 9.17) is 4.74 Å². The van der Waals surface area contributed by atoms with Gasteiger partial charge in [-0.15, -0.1) is 0 Å². The van der Waals surface area contributed by atoms with Gasteiger partial charge in [-0.1, -0.05) is 30.3 Å². The van der Waals surface area contributed by atoms with Crippen LogP contribution in [0.4, 0.5) is 15.9 Å². The number of aromatic nitrogens is 2. The number of methoxy groups -OCH3 is 1. The molecule has 1 aromatic heterocycles. The van der Waals surface area contributed by atoms with Crippen molar-refractivity contribution in [3.8, 4) is 5.75 Å². The Kier molecular flexibility index (Phi) is 4.68. The van der Waals surface area contributed by atoms with Gasteiger partial charge < -0.3 is 10.1 Å². The Balaban J connectivity index is 1.80. The first-order valence-electron chi connectivity index (χ1n) is 8.62. The number of ketones is 1. The van der Waals surface area contributed by atoms with E-state index in [1.165, 1.54) is 18.2 Å². The lowest BCUT2D eigenvalue weighted by molar-refractivity contribution is 0.103. The fourth-order valence-corrected chi connectivity index (χ4v) is 2.83. The van der Waals surface area contributed by atoms with Crippen molar-refractivity contribution in [2.45, 2.75) is 0 Å². The molecule has 4 rings (SSSR count). The second-order valence-electron chi connectivity index (χ2n) is 6.11. The first kappa shape index (κ1) is 17.6. The van der Waals surface area contributed by atoms with Crippen LogP contribution in [0.2, 0.25) is 0 Å². The lowest BCUT2D eigenvalue weighted by Gasteiger charge is -2.11. The van der Waals surface area contributed by atoms with Gasteiger partial charge in [0.2, 0.25) is 11.6 Å². The summed E-state index contributed by atoms with van der Waals surface area (Å²) in [4.78, 5) is 21.5. The third-order valence-corrected chi connectivity index (χ3v) is 4.25. The molecule has 0 saturated carbocycles. The molecule has 0 saturated heterocycles. The second kappa shape index (κ2) is 7.44. The van der Waals surface area contributed by atoms with Gasteiger partial charge in [0, 0.05) is 16.6 Å². The molecule has 0 bridgehead atoms. The molecule has 28 heavy (non-hydrogen) atoms. The normalized spacial score (nSPS) is 10.6. The third kappa shape index (κ3) is 3.53. The summed E-state index contributed by atoms with van der Waals surface area (Å²) in [5, 5.41) is 3.63. The average molecular weight is 373 g/mol. The summed E-state index contributed by atoms with van der Waals surface area (Å²) in [7, 11) is 1.59. The summed E-state index contributed by atoms with van der Waals surface area (Å²) < 4.78 is 19.0. The van der Waals surface area contributed by atoms with E-state index in [2.05, 4.69) is 15.3 Å². The molecule has 3 aromatic carbocycles. The molecule has 0 amide bonds. The summed E-state index contributed by atoms with van der Waals surface area (Å²) in [5.74, 6) is 0.403. The monoisotopic (exact) mass is 373 g/mol. The van der Waals surface area contributed by atoms with E-state index in [9.17, 15) is 9.18 Å². The van der Waals surface area contributed by atoms with Gasteiger partial charge in [-0.25, -0.2) is 14.4 Å². The fourth-order valence-electron chi connectivity index (χ4n) is 2.83. The molecule has 0 aliphatic rings. The van der Waals surface area contributed by atoms with Crippen LogP contribution in [0.25, 0.3) is 10.9 Å². The number of anilines is 2. The largest absolute Gasteiger partial charge is 0.497 e. The highest BCUT2D eigenvalue weighted by Crippen LogP contribution is 2.26. The predicted octanol–water partition coefficient (Wildman–Crippen LogP) is 4.75. The van der Waals surface area contributed by atoms with Crippen LogP contribution in [0.15, 0.2) is 72.8 Å². The standard InChI is InChI=1S/C22H16FN3O2/c1-28-17-10-8-16(9-11-17)24-21-18-13-15(23)7-12-19(18)25-22(26-21)20(27)14-5-3-2-4-6-14/h2-13H,1H3,(H,24,25,26). The summed E-state index contributed by atoms with van der Waals surface area (Å²) in [6.45, 7) is 0. The number of halogens is 1. The summed E-state index contributed by atoms with van der Waals surface area (Å²) in [6.07, 6.45) is 0. The van der Waals surface area contributed by atoms with Gasteiger partial charge in [0.1, 0.15) is 17.4 Å². The molecular weight excluding hydrogens is 357 g/mol. The number of fused-ring (bicyclic) bond motifs is 1. The number of hydrogen-bond acceptors (Lipinski definition) is 5. The molecule has 1 heterocycles. The summed E-state index contributed by atoms with van der Waals surface area (Å²) >= 11 is 0. The van der Waals surface area contributed by atoms with E-state index in [0.717, 1.165) is 5.69 Å². The van der Waals surface area contributed by atoms with Crippen LogP contribution < -0.4 is 10.1 Å². The molecule has 5 nitrogen and oxygen atoms in total. The zero-order chi connectivity index (χ0) is 19.5. The molecule has 138 valence electrons. The Morgan fingerprint density at radius 3 is 2.43 bits per heavy atom. The van der Waals surface area contributed by atoms with Crippen LogP contribution in [0.1, 0.15) is 16.2 Å². The Labute approximate surface area is 160 Å². The number of ether oxygens (including phenoxy) is 1. The van der Waals surface area contributed by atoms with Gasteiger partial charge in [0.05, 0.1) is 12.6 Å².